The van der Waals surface area contributed by atoms with Gasteiger partial charge in [-0.15, -0.1) is 0 Å². The predicted molar refractivity (Wildman–Crippen MR) is 50.0 cm³/mol. The Bertz CT molecular complexity index is 448. The molecule has 0 unspecified atom stereocenters. The fourth-order valence-corrected chi connectivity index (χ4v) is 1.61. The zero-order valence-electron chi connectivity index (χ0n) is 10.1. The quantitative estimate of drug-likeness (QED) is 0.702. The van der Waals surface area contributed by atoms with E-state index < -0.39 is 23.6 Å². The lowest BCUT2D eigenvalue weighted by molar-refractivity contribution is 0.338. The number of benzene rings is 1. The molecule has 1 rings (SSSR count). The highest BCUT2D eigenvalue weighted by Gasteiger charge is 2.12. The summed E-state index contributed by atoms with van der Waals surface area (Å²) in [5.74, 6) is 0. The van der Waals surface area contributed by atoms with E-state index in [0.29, 0.717) is 0 Å². The van der Waals surface area contributed by atoms with Gasteiger partial charge < -0.3 is 0 Å². The van der Waals surface area contributed by atoms with Crippen molar-refractivity contribution in [2.24, 2.45) is 0 Å². The Morgan fingerprint density at radius 1 is 1.38 bits per heavy atom. The first-order valence-corrected chi connectivity index (χ1v) is 5.08. The number of hydrogen-bond donors (Lipinski definition) is 0. The van der Waals surface area contributed by atoms with Crippen molar-refractivity contribution in [2.75, 3.05) is 6.61 Å². The molecule has 0 saturated carbocycles. The van der Waals surface area contributed by atoms with Crippen molar-refractivity contribution in [2.45, 2.75) is 18.7 Å². The van der Waals surface area contributed by atoms with E-state index in [0.717, 1.165) is 5.56 Å². The van der Waals surface area contributed by atoms with Crippen molar-refractivity contribution in [1.29, 1.82) is 0 Å². The van der Waals surface area contributed by atoms with Crippen LogP contribution in [0.5, 0.6) is 0 Å². The van der Waals surface area contributed by atoms with Crippen LogP contribution in [0.3, 0.4) is 0 Å². The fourth-order valence-electron chi connectivity index (χ4n) is 0.851. The Morgan fingerprint density at radius 2 is 2.00 bits per heavy atom. The Labute approximate surface area is 82.7 Å². The molecule has 0 saturated heterocycles. The molecule has 0 aromatic heterocycles. The maximum Gasteiger partial charge on any atom is 0.296 e. The Kier molecular flexibility index (Phi) is 1.97. The molecule has 0 heterocycles. The smallest absolute Gasteiger partial charge is 0.267 e. The van der Waals surface area contributed by atoms with Crippen molar-refractivity contribution >= 4 is 10.1 Å². The van der Waals surface area contributed by atoms with Gasteiger partial charge in [0.05, 0.1) is 11.5 Å². The summed E-state index contributed by atoms with van der Waals surface area (Å²) in [7, 11) is -3.97. The van der Waals surface area contributed by atoms with Crippen LogP contribution in [0.4, 0.5) is 0 Å². The zero-order chi connectivity index (χ0) is 12.4. The first-order chi connectivity index (χ1) is 7.21. The molecular formula is C9H12O3S. The van der Waals surface area contributed by atoms with Crippen molar-refractivity contribution in [3.63, 3.8) is 0 Å². The van der Waals surface area contributed by atoms with Gasteiger partial charge in [0.1, 0.15) is 0 Å². The maximum atomic E-state index is 11.5. The minimum Gasteiger partial charge on any atom is -0.267 e. The van der Waals surface area contributed by atoms with Gasteiger partial charge in [-0.3, -0.25) is 4.18 Å². The summed E-state index contributed by atoms with van der Waals surface area (Å²) >= 11 is 0. The summed E-state index contributed by atoms with van der Waals surface area (Å²) in [6, 6.07) is 5.99. The molecule has 0 bridgehead atoms. The van der Waals surface area contributed by atoms with Gasteiger partial charge >= 0.3 is 0 Å². The molecule has 0 aliphatic rings. The van der Waals surface area contributed by atoms with Gasteiger partial charge in [-0.25, -0.2) is 0 Å². The number of hydrogen-bond acceptors (Lipinski definition) is 3. The van der Waals surface area contributed by atoms with Gasteiger partial charge in [0.25, 0.3) is 10.1 Å². The highest BCUT2D eigenvalue weighted by molar-refractivity contribution is 7.86. The molecule has 1 aromatic carbocycles. The molecule has 0 aliphatic heterocycles. The second kappa shape index (κ2) is 3.89. The SMILES string of the molecule is [2H]C([2H])([2H])COS(=O)(=O)c1ccc(C)cc1. The van der Waals surface area contributed by atoms with Gasteiger partial charge in [-0.2, -0.15) is 8.42 Å². The molecule has 1 aromatic rings. The summed E-state index contributed by atoms with van der Waals surface area (Å²) in [5, 5.41) is 0. The van der Waals surface area contributed by atoms with Crippen molar-refractivity contribution in [3.8, 4) is 0 Å². The fraction of sp³-hybridized carbons (Fsp3) is 0.333. The molecule has 4 heteroatoms. The molecule has 0 radical (unpaired) electrons. The zero-order valence-corrected chi connectivity index (χ0v) is 7.97. The lowest BCUT2D eigenvalue weighted by Crippen LogP contribution is -2.05. The molecule has 0 N–H and O–H groups in total. The highest BCUT2D eigenvalue weighted by atomic mass is 32.2. The van der Waals surface area contributed by atoms with Crippen molar-refractivity contribution in [3.05, 3.63) is 29.8 Å². The van der Waals surface area contributed by atoms with E-state index in [-0.39, 0.29) is 4.90 Å². The minimum absolute atomic E-state index is 0.0395. The van der Waals surface area contributed by atoms with E-state index in [1.807, 2.05) is 6.92 Å². The third-order valence-electron chi connectivity index (χ3n) is 1.52. The van der Waals surface area contributed by atoms with Crippen LogP contribution in [0, 0.1) is 6.92 Å². The van der Waals surface area contributed by atoms with Crippen molar-refractivity contribution < 1.29 is 16.7 Å². The first kappa shape index (κ1) is 6.56. The first-order valence-electron chi connectivity index (χ1n) is 5.17. The molecule has 0 fully saturated rings. The van der Waals surface area contributed by atoms with Crippen LogP contribution in [0.15, 0.2) is 29.2 Å². The number of rotatable bonds is 3. The average Bonchev–Trinajstić information content (AvgIpc) is 2.15. The van der Waals surface area contributed by atoms with Crippen molar-refractivity contribution in [1.82, 2.24) is 0 Å². The van der Waals surface area contributed by atoms with E-state index in [9.17, 15) is 8.42 Å². The normalized spacial score (nSPS) is 15.9. The summed E-state index contributed by atoms with van der Waals surface area (Å²) in [4.78, 5) is -0.0395. The van der Waals surface area contributed by atoms with Crippen LogP contribution < -0.4 is 0 Å². The predicted octanol–water partition coefficient (Wildman–Crippen LogP) is 1.72. The summed E-state index contributed by atoms with van der Waals surface area (Å²) in [6.45, 7) is -1.42. The summed E-state index contributed by atoms with van der Waals surface area (Å²) in [6.07, 6.45) is 0. The topological polar surface area (TPSA) is 43.4 Å². The molecule has 13 heavy (non-hydrogen) atoms. The minimum atomic E-state index is -3.97. The summed E-state index contributed by atoms with van der Waals surface area (Å²) in [5.41, 5.74) is 0.912. The van der Waals surface area contributed by atoms with Gasteiger partial charge in [0.15, 0.2) is 0 Å². The van der Waals surface area contributed by atoms with E-state index >= 15 is 0 Å². The molecular weight excluding hydrogens is 188 g/mol. The van der Waals surface area contributed by atoms with Crippen LogP contribution in [-0.2, 0) is 14.3 Å². The molecule has 0 spiro atoms. The van der Waals surface area contributed by atoms with E-state index in [1.165, 1.54) is 12.1 Å². The number of aryl methyl sites for hydroxylation is 1. The average molecular weight is 203 g/mol. The van der Waals surface area contributed by atoms with Gasteiger partial charge in [-0.05, 0) is 25.9 Å². The lowest BCUT2D eigenvalue weighted by Gasteiger charge is -2.02. The molecule has 0 amide bonds. The Hall–Kier alpha value is -0.870. The third kappa shape index (κ3) is 2.54. The van der Waals surface area contributed by atoms with Gasteiger partial charge in [0, 0.05) is 4.11 Å². The van der Waals surface area contributed by atoms with E-state index in [1.54, 1.807) is 12.1 Å². The summed E-state index contributed by atoms with van der Waals surface area (Å²) < 4.78 is 48.0. The van der Waals surface area contributed by atoms with Crippen LogP contribution in [-0.4, -0.2) is 15.0 Å². The Morgan fingerprint density at radius 3 is 2.54 bits per heavy atom. The van der Waals surface area contributed by atoms with Crippen LogP contribution >= 0.6 is 0 Å². The second-order valence-corrected chi connectivity index (χ2v) is 4.14. The van der Waals surface area contributed by atoms with E-state index in [2.05, 4.69) is 4.18 Å². The standard InChI is InChI=1S/C9H12O3S/c1-3-12-13(10,11)9-6-4-8(2)5-7-9/h4-7H,3H2,1-2H3/i1D3. The second-order valence-electron chi connectivity index (χ2n) is 2.53. The van der Waals surface area contributed by atoms with Crippen LogP contribution in [0.2, 0.25) is 0 Å². The van der Waals surface area contributed by atoms with Crippen LogP contribution in [0.1, 0.15) is 16.5 Å². The largest absolute Gasteiger partial charge is 0.296 e. The monoisotopic (exact) mass is 203 g/mol. The van der Waals surface area contributed by atoms with Gasteiger partial charge in [0.2, 0.25) is 0 Å². The van der Waals surface area contributed by atoms with E-state index in [4.69, 9.17) is 4.11 Å². The van der Waals surface area contributed by atoms with Gasteiger partial charge in [-0.1, -0.05) is 17.7 Å². The Balaban J connectivity index is 2.83. The molecule has 0 aliphatic carbocycles. The highest BCUT2D eigenvalue weighted by Crippen LogP contribution is 2.12. The maximum absolute atomic E-state index is 11.5. The lowest BCUT2D eigenvalue weighted by atomic mass is 10.2. The van der Waals surface area contributed by atoms with Crippen LogP contribution in [0.25, 0.3) is 0 Å². The molecule has 3 nitrogen and oxygen atoms in total. The molecule has 72 valence electrons. The molecule has 0 atom stereocenters. The third-order valence-corrected chi connectivity index (χ3v) is 2.80.